The number of primary amides is 1. The lowest BCUT2D eigenvalue weighted by Gasteiger charge is -2.09. The second-order valence-electron chi connectivity index (χ2n) is 7.35. The van der Waals surface area contributed by atoms with E-state index < -0.39 is 5.91 Å². The first kappa shape index (κ1) is 18.9. The van der Waals surface area contributed by atoms with E-state index in [2.05, 4.69) is 21.7 Å². The van der Waals surface area contributed by atoms with Crippen LogP contribution in [0.5, 0.6) is 5.75 Å². The van der Waals surface area contributed by atoms with E-state index in [1.807, 2.05) is 60.7 Å². The standard InChI is InChI=1S/C26H20N3O2/c1-31-20-11-8-17(9-12-20)18-10-13-21-24(15-18)29(16-19-5-2-3-14-28-19)23-7-4-6-22(25(21)23)26(27)30/h2-12,14-15H,16H2,1H3,(H2,27,30). The maximum Gasteiger partial charge on any atom is 0.249 e. The highest BCUT2D eigenvalue weighted by atomic mass is 16.5. The van der Waals surface area contributed by atoms with E-state index >= 15 is 0 Å². The van der Waals surface area contributed by atoms with Crippen LogP contribution in [0.2, 0.25) is 0 Å². The lowest BCUT2D eigenvalue weighted by molar-refractivity contribution is 0.100. The highest BCUT2D eigenvalue weighted by Gasteiger charge is 2.17. The van der Waals surface area contributed by atoms with Crippen molar-refractivity contribution in [1.82, 2.24) is 9.55 Å². The molecule has 2 aromatic heterocycles. The number of rotatable bonds is 5. The molecule has 5 heteroatoms. The molecule has 5 rings (SSSR count). The topological polar surface area (TPSA) is 70.1 Å². The average molecular weight is 406 g/mol. The van der Waals surface area contributed by atoms with Crippen LogP contribution in [0.1, 0.15) is 16.1 Å². The van der Waals surface area contributed by atoms with Crippen molar-refractivity contribution < 1.29 is 9.53 Å². The predicted molar refractivity (Wildman–Crippen MR) is 122 cm³/mol. The Kier molecular flexibility index (Phi) is 4.64. The maximum absolute atomic E-state index is 12.1. The number of aromatic nitrogens is 2. The van der Waals surface area contributed by atoms with Gasteiger partial charge in [0.15, 0.2) is 0 Å². The SMILES string of the molecule is COc1ccc(-c2c[c]c3c4c(C(N)=O)cccc4n(Cc4ccccn4)c3c2)cc1. The van der Waals surface area contributed by atoms with E-state index in [0.717, 1.165) is 44.4 Å². The lowest BCUT2D eigenvalue weighted by Crippen LogP contribution is -2.11. The van der Waals surface area contributed by atoms with E-state index in [-0.39, 0.29) is 0 Å². The van der Waals surface area contributed by atoms with Crippen LogP contribution in [0.15, 0.2) is 79.0 Å². The van der Waals surface area contributed by atoms with Gasteiger partial charge < -0.3 is 15.0 Å². The van der Waals surface area contributed by atoms with E-state index in [1.165, 1.54) is 0 Å². The minimum atomic E-state index is -0.449. The molecule has 1 amide bonds. The first-order valence-electron chi connectivity index (χ1n) is 9.96. The fourth-order valence-electron chi connectivity index (χ4n) is 4.04. The Morgan fingerprint density at radius 2 is 1.87 bits per heavy atom. The second kappa shape index (κ2) is 7.61. The van der Waals surface area contributed by atoms with Crippen molar-refractivity contribution in [2.45, 2.75) is 6.54 Å². The molecular formula is C26H20N3O2. The van der Waals surface area contributed by atoms with Crippen molar-refractivity contribution in [2.24, 2.45) is 5.73 Å². The number of amides is 1. The largest absolute Gasteiger partial charge is 0.497 e. The Hall–Kier alpha value is -4.12. The minimum Gasteiger partial charge on any atom is -0.497 e. The highest BCUT2D eigenvalue weighted by molar-refractivity contribution is 6.18. The molecule has 0 saturated carbocycles. The molecule has 0 aliphatic heterocycles. The van der Waals surface area contributed by atoms with Crippen LogP contribution in [-0.2, 0) is 6.54 Å². The molecule has 0 spiro atoms. The Morgan fingerprint density at radius 3 is 2.58 bits per heavy atom. The monoisotopic (exact) mass is 406 g/mol. The van der Waals surface area contributed by atoms with Crippen LogP contribution in [0.4, 0.5) is 0 Å². The maximum atomic E-state index is 12.1. The predicted octanol–water partition coefficient (Wildman–Crippen LogP) is 4.81. The number of methoxy groups -OCH3 is 1. The third-order valence-electron chi connectivity index (χ3n) is 5.53. The highest BCUT2D eigenvalue weighted by Crippen LogP contribution is 2.35. The third kappa shape index (κ3) is 3.30. The molecule has 31 heavy (non-hydrogen) atoms. The summed E-state index contributed by atoms with van der Waals surface area (Å²) in [5, 5.41) is 1.69. The Bertz CT molecular complexity index is 1400. The van der Waals surface area contributed by atoms with Gasteiger partial charge in [0.25, 0.3) is 0 Å². The molecule has 3 aromatic carbocycles. The van der Waals surface area contributed by atoms with Gasteiger partial charge in [0.05, 0.1) is 30.4 Å². The molecular weight excluding hydrogens is 386 g/mol. The van der Waals surface area contributed by atoms with Gasteiger partial charge in [-0.3, -0.25) is 9.78 Å². The molecule has 2 N–H and O–H groups in total. The number of ether oxygens (including phenoxy) is 1. The summed E-state index contributed by atoms with van der Waals surface area (Å²) in [6, 6.07) is 26.9. The molecule has 0 atom stereocenters. The minimum absolute atomic E-state index is 0.449. The van der Waals surface area contributed by atoms with Crippen molar-refractivity contribution in [3.05, 3.63) is 96.3 Å². The molecule has 0 aliphatic rings. The van der Waals surface area contributed by atoms with Crippen LogP contribution in [0.25, 0.3) is 32.9 Å². The van der Waals surface area contributed by atoms with Crippen molar-refractivity contribution in [3.63, 3.8) is 0 Å². The van der Waals surface area contributed by atoms with Crippen molar-refractivity contribution >= 4 is 27.7 Å². The summed E-state index contributed by atoms with van der Waals surface area (Å²) in [7, 11) is 1.65. The zero-order chi connectivity index (χ0) is 21.4. The summed E-state index contributed by atoms with van der Waals surface area (Å²) in [5.41, 5.74) is 11.1. The Labute approximate surface area is 179 Å². The quantitative estimate of drug-likeness (QED) is 0.455. The second-order valence-corrected chi connectivity index (χ2v) is 7.35. The molecule has 0 fully saturated rings. The normalized spacial score (nSPS) is 11.1. The molecule has 2 heterocycles. The molecule has 5 aromatic rings. The van der Waals surface area contributed by atoms with E-state index in [4.69, 9.17) is 10.5 Å². The van der Waals surface area contributed by atoms with Gasteiger partial charge in [0, 0.05) is 22.5 Å². The summed E-state index contributed by atoms with van der Waals surface area (Å²) in [6.45, 7) is 0.572. The van der Waals surface area contributed by atoms with E-state index in [1.54, 1.807) is 19.4 Å². The summed E-state index contributed by atoms with van der Waals surface area (Å²) in [6.07, 6.45) is 1.78. The van der Waals surface area contributed by atoms with E-state index in [0.29, 0.717) is 12.1 Å². The van der Waals surface area contributed by atoms with Crippen LogP contribution in [-0.4, -0.2) is 22.6 Å². The summed E-state index contributed by atoms with van der Waals surface area (Å²) < 4.78 is 7.44. The first-order chi connectivity index (χ1) is 15.2. The fourth-order valence-corrected chi connectivity index (χ4v) is 4.04. The van der Waals surface area contributed by atoms with Crippen molar-refractivity contribution in [2.75, 3.05) is 7.11 Å². The molecule has 0 bridgehead atoms. The van der Waals surface area contributed by atoms with Crippen LogP contribution < -0.4 is 10.5 Å². The van der Waals surface area contributed by atoms with Gasteiger partial charge >= 0.3 is 0 Å². The molecule has 0 saturated heterocycles. The van der Waals surface area contributed by atoms with Gasteiger partial charge in [0.1, 0.15) is 5.75 Å². The van der Waals surface area contributed by atoms with Crippen molar-refractivity contribution in [3.8, 4) is 16.9 Å². The molecule has 151 valence electrons. The van der Waals surface area contributed by atoms with Gasteiger partial charge in [-0.05, 0) is 65.7 Å². The van der Waals surface area contributed by atoms with E-state index in [9.17, 15) is 4.79 Å². The zero-order valence-electron chi connectivity index (χ0n) is 17.0. The Balaban J connectivity index is 1.77. The summed E-state index contributed by atoms with van der Waals surface area (Å²) in [5.74, 6) is 0.360. The van der Waals surface area contributed by atoms with Crippen molar-refractivity contribution in [1.29, 1.82) is 0 Å². The number of nitrogens with two attached hydrogens (primary N) is 1. The van der Waals surface area contributed by atoms with Gasteiger partial charge in [0.2, 0.25) is 5.91 Å². The Morgan fingerprint density at radius 1 is 1.03 bits per heavy atom. The molecule has 0 aliphatic carbocycles. The fraction of sp³-hybridized carbons (Fsp3) is 0.0769. The average Bonchev–Trinajstić information content (AvgIpc) is 3.12. The van der Waals surface area contributed by atoms with Crippen LogP contribution in [0, 0.1) is 6.07 Å². The number of hydrogen-bond donors (Lipinski definition) is 1. The van der Waals surface area contributed by atoms with Gasteiger partial charge in [-0.2, -0.15) is 0 Å². The summed E-state index contributed by atoms with van der Waals surface area (Å²) in [4.78, 5) is 16.6. The molecule has 0 unspecified atom stereocenters. The number of pyridine rings is 1. The molecule has 1 radical (unpaired) electrons. The summed E-state index contributed by atoms with van der Waals surface area (Å²) >= 11 is 0. The number of carbonyl (C=O) groups excluding carboxylic acids is 1. The number of benzene rings is 3. The van der Waals surface area contributed by atoms with Gasteiger partial charge in [-0.1, -0.05) is 24.3 Å². The lowest BCUT2D eigenvalue weighted by atomic mass is 10.0. The zero-order valence-corrected chi connectivity index (χ0v) is 17.0. The number of fused-ring (bicyclic) bond motifs is 3. The number of nitrogens with zero attached hydrogens (tertiary/aromatic N) is 2. The van der Waals surface area contributed by atoms with Gasteiger partial charge in [-0.25, -0.2) is 0 Å². The molecule has 5 nitrogen and oxygen atoms in total. The number of carbonyl (C=O) groups is 1. The third-order valence-corrected chi connectivity index (χ3v) is 5.53. The van der Waals surface area contributed by atoms with Crippen LogP contribution >= 0.6 is 0 Å². The number of hydrogen-bond acceptors (Lipinski definition) is 3. The van der Waals surface area contributed by atoms with Crippen LogP contribution in [0.3, 0.4) is 0 Å². The van der Waals surface area contributed by atoms with Gasteiger partial charge in [-0.15, -0.1) is 0 Å². The first-order valence-corrected chi connectivity index (χ1v) is 9.96. The smallest absolute Gasteiger partial charge is 0.249 e.